The third kappa shape index (κ3) is 3.14. The zero-order valence-electron chi connectivity index (χ0n) is 15.5. The van der Waals surface area contributed by atoms with Crippen LogP contribution in [0.25, 0.3) is 39.5 Å². The number of alkyl halides is 5. The lowest BCUT2D eigenvalue weighted by Gasteiger charge is -2.19. The standard InChI is InChI=1S/C19H8ClF5N6O/c20-10-3-1-9(2-4-10)14-11-5-6-13-27-12(16-30-26-8-32-16)7-31(13)15(11)29-17(28-14)18(21,22)19(23,24)25/h1-8H. The normalized spacial score (nSPS) is 12.7. The molecule has 0 N–H and O–H groups in total. The molecule has 0 atom stereocenters. The van der Waals surface area contributed by atoms with Gasteiger partial charge in [-0.15, -0.1) is 10.2 Å². The van der Waals surface area contributed by atoms with Crippen molar-refractivity contribution < 1.29 is 26.4 Å². The molecule has 0 aliphatic rings. The molecule has 0 aliphatic carbocycles. The van der Waals surface area contributed by atoms with Gasteiger partial charge in [-0.2, -0.15) is 22.0 Å². The Labute approximate surface area is 179 Å². The van der Waals surface area contributed by atoms with Crippen molar-refractivity contribution >= 4 is 28.3 Å². The van der Waals surface area contributed by atoms with Gasteiger partial charge in [0, 0.05) is 22.2 Å². The van der Waals surface area contributed by atoms with Crippen LogP contribution in [-0.4, -0.2) is 35.7 Å². The van der Waals surface area contributed by atoms with Gasteiger partial charge in [0.25, 0.3) is 5.89 Å². The van der Waals surface area contributed by atoms with Gasteiger partial charge >= 0.3 is 12.1 Å². The van der Waals surface area contributed by atoms with Gasteiger partial charge in [-0.25, -0.2) is 15.0 Å². The van der Waals surface area contributed by atoms with Crippen LogP contribution in [0, 0.1) is 0 Å². The molecule has 0 spiro atoms. The first-order chi connectivity index (χ1) is 15.1. The summed E-state index contributed by atoms with van der Waals surface area (Å²) in [5.74, 6) is -6.95. The van der Waals surface area contributed by atoms with Crippen LogP contribution in [-0.2, 0) is 5.92 Å². The molecule has 0 bridgehead atoms. The summed E-state index contributed by atoms with van der Waals surface area (Å²) in [6, 6.07) is 8.87. The molecule has 5 aromatic rings. The number of benzene rings is 1. The highest BCUT2D eigenvalue weighted by Gasteiger charge is 2.61. The van der Waals surface area contributed by atoms with E-state index in [1.807, 2.05) is 0 Å². The van der Waals surface area contributed by atoms with Crippen molar-refractivity contribution in [1.29, 1.82) is 0 Å². The maximum absolute atomic E-state index is 14.2. The van der Waals surface area contributed by atoms with E-state index in [9.17, 15) is 22.0 Å². The second-order valence-electron chi connectivity index (χ2n) is 6.64. The molecular weight excluding hydrogens is 459 g/mol. The van der Waals surface area contributed by atoms with Gasteiger partial charge in [-0.3, -0.25) is 4.40 Å². The smallest absolute Gasteiger partial charge is 0.422 e. The summed E-state index contributed by atoms with van der Waals surface area (Å²) in [5.41, 5.74) is 0.344. The summed E-state index contributed by atoms with van der Waals surface area (Å²) in [6.45, 7) is 0. The fraction of sp³-hybridized carbons (Fsp3) is 0.105. The molecule has 4 aromatic heterocycles. The first-order valence-electron chi connectivity index (χ1n) is 8.82. The van der Waals surface area contributed by atoms with Gasteiger partial charge in [-0.05, 0) is 24.3 Å². The van der Waals surface area contributed by atoms with E-state index in [0.29, 0.717) is 5.02 Å². The average molecular weight is 467 g/mol. The molecule has 0 unspecified atom stereocenters. The Morgan fingerprint density at radius 3 is 2.31 bits per heavy atom. The summed E-state index contributed by atoms with van der Waals surface area (Å²) in [7, 11) is 0. The number of aromatic nitrogens is 6. The summed E-state index contributed by atoms with van der Waals surface area (Å²) >= 11 is 5.88. The molecule has 0 fully saturated rings. The molecule has 0 aliphatic heterocycles. The van der Waals surface area contributed by atoms with Gasteiger partial charge in [0.1, 0.15) is 17.0 Å². The number of fused-ring (bicyclic) bond motifs is 3. The van der Waals surface area contributed by atoms with E-state index in [1.54, 1.807) is 0 Å². The Bertz CT molecular complexity index is 1450. The summed E-state index contributed by atoms with van der Waals surface area (Å²) in [5, 5.41) is 7.83. The predicted octanol–water partition coefficient (Wildman–Crippen LogP) is 5.30. The summed E-state index contributed by atoms with van der Waals surface area (Å²) in [6.07, 6.45) is -3.48. The number of rotatable bonds is 3. The van der Waals surface area contributed by atoms with E-state index in [4.69, 9.17) is 16.0 Å². The third-order valence-corrected chi connectivity index (χ3v) is 4.87. The summed E-state index contributed by atoms with van der Waals surface area (Å²) < 4.78 is 74.2. The second kappa shape index (κ2) is 6.92. The molecule has 32 heavy (non-hydrogen) atoms. The van der Waals surface area contributed by atoms with Crippen molar-refractivity contribution in [3.8, 4) is 22.8 Å². The van der Waals surface area contributed by atoms with Gasteiger partial charge in [0.15, 0.2) is 0 Å². The lowest BCUT2D eigenvalue weighted by Crippen LogP contribution is -2.35. The number of hydrogen-bond donors (Lipinski definition) is 0. The van der Waals surface area contributed by atoms with E-state index >= 15 is 0 Å². The first kappa shape index (κ1) is 20.2. The minimum atomic E-state index is -5.89. The van der Waals surface area contributed by atoms with Crippen molar-refractivity contribution in [1.82, 2.24) is 29.5 Å². The lowest BCUT2D eigenvalue weighted by atomic mass is 10.1. The number of pyridine rings is 1. The van der Waals surface area contributed by atoms with Crippen LogP contribution >= 0.6 is 11.6 Å². The fourth-order valence-corrected chi connectivity index (χ4v) is 3.24. The molecule has 7 nitrogen and oxygen atoms in total. The fourth-order valence-electron chi connectivity index (χ4n) is 3.12. The highest BCUT2D eigenvalue weighted by Crippen LogP contribution is 2.43. The molecule has 13 heteroatoms. The molecular formula is C19H8ClF5N6O. The van der Waals surface area contributed by atoms with Gasteiger partial charge in [-0.1, -0.05) is 23.7 Å². The average Bonchev–Trinajstić information content (AvgIpc) is 3.42. The maximum Gasteiger partial charge on any atom is 0.461 e. The van der Waals surface area contributed by atoms with Crippen LogP contribution < -0.4 is 0 Å². The molecule has 5 rings (SSSR count). The van der Waals surface area contributed by atoms with Gasteiger partial charge in [0.05, 0.1) is 5.69 Å². The number of nitrogens with zero attached hydrogens (tertiary/aromatic N) is 6. The van der Waals surface area contributed by atoms with Crippen molar-refractivity contribution in [2.75, 3.05) is 0 Å². The minimum Gasteiger partial charge on any atom is -0.422 e. The molecule has 162 valence electrons. The highest BCUT2D eigenvalue weighted by molar-refractivity contribution is 6.30. The monoisotopic (exact) mass is 466 g/mol. The van der Waals surface area contributed by atoms with Crippen molar-refractivity contribution in [2.45, 2.75) is 12.1 Å². The Kier molecular flexibility index (Phi) is 4.38. The minimum absolute atomic E-state index is 0.0367. The summed E-state index contributed by atoms with van der Waals surface area (Å²) in [4.78, 5) is 11.4. The zero-order chi connectivity index (χ0) is 22.7. The van der Waals surface area contributed by atoms with E-state index < -0.39 is 17.9 Å². The second-order valence-corrected chi connectivity index (χ2v) is 7.08. The zero-order valence-corrected chi connectivity index (χ0v) is 16.2. The van der Waals surface area contributed by atoms with Crippen LogP contribution in [0.3, 0.4) is 0 Å². The Hall–Kier alpha value is -3.67. The van der Waals surface area contributed by atoms with E-state index in [0.717, 1.165) is 6.39 Å². The SMILES string of the molecule is FC(F)(F)C(F)(F)c1nc(-c2ccc(Cl)cc2)c2ccc3nc(-c4nnco4)cn3c2n1. The Morgan fingerprint density at radius 1 is 0.906 bits per heavy atom. The maximum atomic E-state index is 14.2. The molecule has 1 aromatic carbocycles. The Balaban J connectivity index is 1.85. The number of imidazole rings is 1. The van der Waals surface area contributed by atoms with Gasteiger partial charge < -0.3 is 4.42 Å². The van der Waals surface area contributed by atoms with Crippen LogP contribution in [0.4, 0.5) is 22.0 Å². The third-order valence-electron chi connectivity index (χ3n) is 4.62. The molecule has 4 heterocycles. The van der Waals surface area contributed by atoms with Crippen molar-refractivity contribution in [3.05, 3.63) is 59.8 Å². The van der Waals surface area contributed by atoms with E-state index in [2.05, 4.69) is 25.1 Å². The molecule has 0 radical (unpaired) electrons. The highest BCUT2D eigenvalue weighted by atomic mass is 35.5. The van der Waals surface area contributed by atoms with E-state index in [-0.39, 0.29) is 39.5 Å². The van der Waals surface area contributed by atoms with Crippen molar-refractivity contribution in [2.24, 2.45) is 0 Å². The molecule has 0 saturated carbocycles. The Morgan fingerprint density at radius 2 is 1.66 bits per heavy atom. The quantitative estimate of drug-likeness (QED) is 0.335. The molecule has 0 saturated heterocycles. The van der Waals surface area contributed by atoms with Crippen molar-refractivity contribution in [3.63, 3.8) is 0 Å². The predicted molar refractivity (Wildman–Crippen MR) is 102 cm³/mol. The van der Waals surface area contributed by atoms with Gasteiger partial charge in [0.2, 0.25) is 12.2 Å². The largest absolute Gasteiger partial charge is 0.461 e. The van der Waals surface area contributed by atoms with Crippen LogP contribution in [0.15, 0.2) is 53.4 Å². The number of halogens is 6. The van der Waals surface area contributed by atoms with Crippen LogP contribution in [0.5, 0.6) is 0 Å². The lowest BCUT2D eigenvalue weighted by molar-refractivity contribution is -0.292. The van der Waals surface area contributed by atoms with E-state index in [1.165, 1.54) is 47.0 Å². The topological polar surface area (TPSA) is 82.0 Å². The molecule has 0 amide bonds. The van der Waals surface area contributed by atoms with Crippen LogP contribution in [0.1, 0.15) is 5.82 Å². The van der Waals surface area contributed by atoms with Crippen LogP contribution in [0.2, 0.25) is 5.02 Å². The first-order valence-corrected chi connectivity index (χ1v) is 9.20. The number of hydrogen-bond acceptors (Lipinski definition) is 6.